The van der Waals surface area contributed by atoms with Crippen molar-refractivity contribution in [3.05, 3.63) is 56.7 Å². The molecule has 0 radical (unpaired) electrons. The average molecular weight is 364 g/mol. The van der Waals surface area contributed by atoms with E-state index >= 15 is 0 Å². The van der Waals surface area contributed by atoms with Gasteiger partial charge in [-0.05, 0) is 55.8 Å². The highest BCUT2D eigenvalue weighted by Crippen LogP contribution is 2.25. The number of thiophene rings is 1. The van der Waals surface area contributed by atoms with E-state index in [0.29, 0.717) is 28.4 Å². The van der Waals surface area contributed by atoms with Crippen molar-refractivity contribution in [2.75, 3.05) is 6.54 Å². The van der Waals surface area contributed by atoms with Crippen molar-refractivity contribution in [3.8, 4) is 0 Å². The van der Waals surface area contributed by atoms with E-state index < -0.39 is 12.0 Å². The Morgan fingerprint density at radius 2 is 1.92 bits per heavy atom. The minimum Gasteiger partial charge on any atom is -0.480 e. The zero-order valence-electron chi connectivity index (χ0n) is 13.1. The molecule has 0 amide bonds. The minimum atomic E-state index is -0.760. The number of likely N-dealkylation sites (tertiary alicyclic amines) is 1. The van der Waals surface area contributed by atoms with Crippen molar-refractivity contribution >= 4 is 34.7 Å². The van der Waals surface area contributed by atoms with Gasteiger partial charge < -0.3 is 5.11 Å². The summed E-state index contributed by atoms with van der Waals surface area (Å²) in [5.74, 6) is -0.792. The lowest BCUT2D eigenvalue weighted by molar-refractivity contribution is -0.144. The molecule has 6 heteroatoms. The van der Waals surface area contributed by atoms with Crippen LogP contribution in [0.3, 0.4) is 0 Å². The molecule has 1 atom stereocenters. The molecule has 1 aromatic carbocycles. The zero-order chi connectivity index (χ0) is 17.1. The smallest absolute Gasteiger partial charge is 0.320 e. The van der Waals surface area contributed by atoms with Gasteiger partial charge in [0.15, 0.2) is 0 Å². The summed E-state index contributed by atoms with van der Waals surface area (Å²) in [5, 5.41) is 9.95. The van der Waals surface area contributed by atoms with E-state index in [9.17, 15) is 14.7 Å². The Balaban J connectivity index is 1.72. The van der Waals surface area contributed by atoms with Gasteiger partial charge in [-0.1, -0.05) is 18.0 Å². The van der Waals surface area contributed by atoms with Gasteiger partial charge in [-0.25, -0.2) is 0 Å². The summed E-state index contributed by atoms with van der Waals surface area (Å²) in [4.78, 5) is 27.5. The highest BCUT2D eigenvalue weighted by atomic mass is 35.5. The number of ketones is 1. The summed E-state index contributed by atoms with van der Waals surface area (Å²) in [6.07, 6.45) is 2.67. The number of piperidine rings is 1. The summed E-state index contributed by atoms with van der Waals surface area (Å²) < 4.78 is 0. The quantitative estimate of drug-likeness (QED) is 0.813. The molecule has 2 heterocycles. The average Bonchev–Trinajstić information content (AvgIpc) is 3.04. The maximum Gasteiger partial charge on any atom is 0.320 e. The number of hydrogen-bond acceptors (Lipinski definition) is 4. The van der Waals surface area contributed by atoms with Crippen molar-refractivity contribution in [2.24, 2.45) is 0 Å². The van der Waals surface area contributed by atoms with Crippen LogP contribution in [-0.4, -0.2) is 34.3 Å². The Morgan fingerprint density at radius 3 is 2.62 bits per heavy atom. The van der Waals surface area contributed by atoms with Crippen LogP contribution in [0.25, 0.3) is 0 Å². The monoisotopic (exact) mass is 363 g/mol. The van der Waals surface area contributed by atoms with Gasteiger partial charge in [0.25, 0.3) is 0 Å². The highest BCUT2D eigenvalue weighted by molar-refractivity contribution is 7.14. The third-order valence-electron chi connectivity index (χ3n) is 4.25. The van der Waals surface area contributed by atoms with Gasteiger partial charge in [0.1, 0.15) is 6.04 Å². The van der Waals surface area contributed by atoms with Crippen LogP contribution >= 0.6 is 22.9 Å². The number of carboxylic acids is 1. The molecule has 1 fully saturated rings. The van der Waals surface area contributed by atoms with Crippen LogP contribution in [-0.2, 0) is 11.3 Å². The van der Waals surface area contributed by atoms with E-state index in [1.54, 1.807) is 24.3 Å². The van der Waals surface area contributed by atoms with Crippen molar-refractivity contribution in [1.82, 2.24) is 4.90 Å². The van der Waals surface area contributed by atoms with Crippen LogP contribution in [0, 0.1) is 0 Å². The predicted molar refractivity (Wildman–Crippen MR) is 94.9 cm³/mol. The van der Waals surface area contributed by atoms with E-state index in [4.69, 9.17) is 11.6 Å². The summed E-state index contributed by atoms with van der Waals surface area (Å²) in [6, 6.07) is 10.2. The molecule has 0 saturated carbocycles. The molecule has 1 aliphatic heterocycles. The number of rotatable bonds is 5. The molecular formula is C18H18ClNO3S. The molecular weight excluding hydrogens is 346 g/mol. The number of nitrogens with zero attached hydrogens (tertiary/aromatic N) is 1. The third kappa shape index (κ3) is 3.86. The van der Waals surface area contributed by atoms with Crippen LogP contribution in [0.1, 0.15) is 39.4 Å². The first-order valence-electron chi connectivity index (χ1n) is 7.90. The minimum absolute atomic E-state index is 0.0312. The summed E-state index contributed by atoms with van der Waals surface area (Å²) in [7, 11) is 0. The van der Waals surface area contributed by atoms with Crippen LogP contribution < -0.4 is 0 Å². The second kappa shape index (κ2) is 7.47. The fourth-order valence-corrected chi connectivity index (χ4v) is 4.11. The topological polar surface area (TPSA) is 57.6 Å². The van der Waals surface area contributed by atoms with E-state index in [2.05, 4.69) is 0 Å². The molecule has 4 nitrogen and oxygen atoms in total. The van der Waals surface area contributed by atoms with E-state index in [1.165, 1.54) is 11.3 Å². The maximum atomic E-state index is 12.5. The SMILES string of the molecule is O=C(c1ccc(Cl)cc1)c1ccc(CN2CCCC[C@@H]2C(=O)O)s1. The molecule has 0 unspecified atom stereocenters. The Hall–Kier alpha value is -1.69. The first-order chi connectivity index (χ1) is 11.5. The van der Waals surface area contributed by atoms with Gasteiger partial charge in [-0.15, -0.1) is 11.3 Å². The summed E-state index contributed by atoms with van der Waals surface area (Å²) in [5.41, 5.74) is 0.606. The first-order valence-corrected chi connectivity index (χ1v) is 9.10. The molecule has 2 aromatic rings. The Morgan fingerprint density at radius 1 is 1.17 bits per heavy atom. The number of halogens is 1. The highest BCUT2D eigenvalue weighted by Gasteiger charge is 2.28. The lowest BCUT2D eigenvalue weighted by Crippen LogP contribution is -2.43. The van der Waals surface area contributed by atoms with Crippen LogP contribution in [0.15, 0.2) is 36.4 Å². The number of aliphatic carboxylic acids is 1. The molecule has 1 aromatic heterocycles. The number of carbonyl (C=O) groups excluding carboxylic acids is 1. The lowest BCUT2D eigenvalue weighted by Gasteiger charge is -2.32. The lowest BCUT2D eigenvalue weighted by atomic mass is 10.0. The van der Waals surface area contributed by atoms with Gasteiger partial charge in [0.2, 0.25) is 5.78 Å². The van der Waals surface area contributed by atoms with Crippen LogP contribution in [0.2, 0.25) is 5.02 Å². The van der Waals surface area contributed by atoms with Gasteiger partial charge in [-0.2, -0.15) is 0 Å². The van der Waals surface area contributed by atoms with E-state index in [-0.39, 0.29) is 5.78 Å². The standard InChI is InChI=1S/C18H18ClNO3S/c19-13-6-4-12(5-7-13)17(21)16-9-8-14(24-16)11-20-10-2-1-3-15(20)18(22)23/h4-9,15H,1-3,10-11H2,(H,22,23)/t15-/m1/s1. The first kappa shape index (κ1) is 17.1. The second-order valence-corrected chi connectivity index (χ2v) is 7.53. The number of hydrogen-bond donors (Lipinski definition) is 1. The summed E-state index contributed by atoms with van der Waals surface area (Å²) in [6.45, 7) is 1.37. The maximum absolute atomic E-state index is 12.5. The van der Waals surface area contributed by atoms with Crippen molar-refractivity contribution < 1.29 is 14.7 Å². The predicted octanol–water partition coefficient (Wildman–Crippen LogP) is 4.07. The van der Waals surface area contributed by atoms with Crippen molar-refractivity contribution in [1.29, 1.82) is 0 Å². The molecule has 24 heavy (non-hydrogen) atoms. The normalized spacial score (nSPS) is 18.5. The Labute approximate surface area is 149 Å². The van der Waals surface area contributed by atoms with Crippen molar-refractivity contribution in [2.45, 2.75) is 31.8 Å². The Kier molecular flexibility index (Phi) is 5.33. The van der Waals surface area contributed by atoms with Crippen LogP contribution in [0.4, 0.5) is 0 Å². The van der Waals surface area contributed by atoms with Gasteiger partial charge in [0, 0.05) is 22.0 Å². The summed E-state index contributed by atoms with van der Waals surface area (Å²) >= 11 is 7.28. The van der Waals surface area contributed by atoms with Gasteiger partial charge in [-0.3, -0.25) is 14.5 Å². The zero-order valence-corrected chi connectivity index (χ0v) is 14.6. The molecule has 126 valence electrons. The fraction of sp³-hybridized carbons (Fsp3) is 0.333. The van der Waals surface area contributed by atoms with Gasteiger partial charge >= 0.3 is 5.97 Å². The molecule has 0 spiro atoms. The molecule has 3 rings (SSSR count). The van der Waals surface area contributed by atoms with E-state index in [1.807, 2.05) is 17.0 Å². The molecule has 1 aliphatic rings. The second-order valence-electron chi connectivity index (χ2n) is 5.92. The van der Waals surface area contributed by atoms with E-state index in [0.717, 1.165) is 24.3 Å². The molecule has 0 bridgehead atoms. The van der Waals surface area contributed by atoms with Crippen LogP contribution in [0.5, 0.6) is 0 Å². The van der Waals surface area contributed by atoms with Crippen molar-refractivity contribution in [3.63, 3.8) is 0 Å². The molecule has 1 saturated heterocycles. The fourth-order valence-electron chi connectivity index (χ4n) is 2.99. The number of carbonyl (C=O) groups is 2. The molecule has 0 aliphatic carbocycles. The Bertz CT molecular complexity index is 741. The van der Waals surface area contributed by atoms with Gasteiger partial charge in [0.05, 0.1) is 4.88 Å². The molecule has 1 N–H and O–H groups in total. The number of benzene rings is 1. The largest absolute Gasteiger partial charge is 0.480 e. The third-order valence-corrected chi connectivity index (χ3v) is 5.57. The number of carboxylic acid groups (broad SMARTS) is 1.